The predicted molar refractivity (Wildman–Crippen MR) is 114 cm³/mol. The van der Waals surface area contributed by atoms with Gasteiger partial charge in [-0.1, -0.05) is 0 Å². The number of hydrogen-bond donors (Lipinski definition) is 2. The number of fused-ring (bicyclic) bond motifs is 1. The quantitative estimate of drug-likeness (QED) is 0.677. The Kier molecular flexibility index (Phi) is 5.86. The zero-order valence-electron chi connectivity index (χ0n) is 18.2. The summed E-state index contributed by atoms with van der Waals surface area (Å²) in [6, 6.07) is 3.77. The van der Waals surface area contributed by atoms with Gasteiger partial charge in [-0.3, -0.25) is 4.79 Å². The maximum atomic E-state index is 14.0. The van der Waals surface area contributed by atoms with Gasteiger partial charge in [0.15, 0.2) is 11.6 Å². The Bertz CT molecular complexity index is 1020. The number of carbonyl (C=O) groups excluding carboxylic acids is 1. The minimum absolute atomic E-state index is 0.0349. The molecule has 10 heteroatoms. The summed E-state index contributed by atoms with van der Waals surface area (Å²) in [7, 11) is 0. The third-order valence-corrected chi connectivity index (χ3v) is 6.06. The highest BCUT2D eigenvalue weighted by molar-refractivity contribution is 5.97. The van der Waals surface area contributed by atoms with Gasteiger partial charge in [-0.2, -0.15) is 0 Å². The van der Waals surface area contributed by atoms with Crippen molar-refractivity contribution in [1.29, 1.82) is 0 Å². The highest BCUT2D eigenvalue weighted by Gasteiger charge is 2.57. The Morgan fingerprint density at radius 1 is 1.31 bits per heavy atom. The highest BCUT2D eigenvalue weighted by Crippen LogP contribution is 2.48. The molecule has 32 heavy (non-hydrogen) atoms. The number of nitrogens with one attached hydrogen (secondary N) is 1. The second-order valence-corrected chi connectivity index (χ2v) is 8.35. The van der Waals surface area contributed by atoms with Crippen molar-refractivity contribution in [3.05, 3.63) is 42.1 Å². The zero-order valence-corrected chi connectivity index (χ0v) is 18.2. The van der Waals surface area contributed by atoms with Crippen LogP contribution in [0.3, 0.4) is 0 Å². The lowest BCUT2D eigenvalue weighted by Gasteiger charge is -2.26. The Hall–Kier alpha value is -3.43. The number of hydrogen-bond acceptors (Lipinski definition) is 6. The van der Waals surface area contributed by atoms with Crippen LogP contribution in [0, 0.1) is 17.7 Å². The van der Waals surface area contributed by atoms with Crippen LogP contribution in [-0.2, 0) is 0 Å². The molecule has 1 aromatic carbocycles. The van der Waals surface area contributed by atoms with Gasteiger partial charge in [-0.15, -0.1) is 0 Å². The molecule has 2 fully saturated rings. The van der Waals surface area contributed by atoms with Crippen LogP contribution in [0.1, 0.15) is 31.1 Å². The van der Waals surface area contributed by atoms with Crippen molar-refractivity contribution in [2.45, 2.75) is 32.9 Å². The number of nitrogens with zero attached hydrogens (tertiary/aromatic N) is 4. The normalized spacial score (nSPS) is 21.3. The van der Waals surface area contributed by atoms with Crippen LogP contribution >= 0.6 is 0 Å². The topological polar surface area (TPSA) is 108 Å². The summed E-state index contributed by atoms with van der Waals surface area (Å²) in [5.41, 5.74) is 0.130. The molecular formula is C22H26FN5O4. The van der Waals surface area contributed by atoms with E-state index in [2.05, 4.69) is 15.3 Å². The summed E-state index contributed by atoms with van der Waals surface area (Å²) in [4.78, 5) is 36.0. The highest BCUT2D eigenvalue weighted by atomic mass is 19.1. The summed E-state index contributed by atoms with van der Waals surface area (Å²) in [5.74, 6) is 0.732. The molecule has 2 atom stereocenters. The van der Waals surface area contributed by atoms with Gasteiger partial charge in [0.25, 0.3) is 5.91 Å². The van der Waals surface area contributed by atoms with Gasteiger partial charge in [0.05, 0.1) is 11.8 Å². The maximum Gasteiger partial charge on any atom is 0.404 e. The molecular weight excluding hydrogens is 417 g/mol. The fraction of sp³-hybridized carbons (Fsp3) is 0.455. The van der Waals surface area contributed by atoms with Gasteiger partial charge in [0.1, 0.15) is 17.9 Å². The van der Waals surface area contributed by atoms with Gasteiger partial charge in [0.2, 0.25) is 0 Å². The van der Waals surface area contributed by atoms with E-state index in [4.69, 9.17) is 9.84 Å². The molecule has 1 aliphatic carbocycles. The SMILES string of the molecule is CCN(C(=O)c1cc(F)ccc1Oc1cncnc1N1CC2C(C1)C2NC(=O)O)C(C)C. The van der Waals surface area contributed by atoms with Crippen molar-refractivity contribution in [1.82, 2.24) is 20.2 Å². The average molecular weight is 443 g/mol. The molecule has 170 valence electrons. The second-order valence-electron chi connectivity index (χ2n) is 8.35. The lowest BCUT2D eigenvalue weighted by molar-refractivity contribution is 0.0713. The monoisotopic (exact) mass is 443 g/mol. The van der Waals surface area contributed by atoms with E-state index in [9.17, 15) is 14.0 Å². The number of rotatable bonds is 7. The molecule has 2 N–H and O–H groups in total. The van der Waals surface area contributed by atoms with Crippen LogP contribution < -0.4 is 15.0 Å². The van der Waals surface area contributed by atoms with Crippen LogP contribution in [0.15, 0.2) is 30.7 Å². The van der Waals surface area contributed by atoms with E-state index >= 15 is 0 Å². The number of aromatic nitrogens is 2. The summed E-state index contributed by atoms with van der Waals surface area (Å²) < 4.78 is 20.1. The van der Waals surface area contributed by atoms with Crippen molar-refractivity contribution in [2.24, 2.45) is 11.8 Å². The first-order chi connectivity index (χ1) is 15.3. The number of amides is 2. The molecule has 0 spiro atoms. The molecule has 9 nitrogen and oxygen atoms in total. The number of halogens is 1. The molecule has 2 aromatic rings. The van der Waals surface area contributed by atoms with E-state index in [0.29, 0.717) is 31.2 Å². The summed E-state index contributed by atoms with van der Waals surface area (Å²) in [5, 5.41) is 11.5. The Balaban J connectivity index is 1.57. The van der Waals surface area contributed by atoms with Gasteiger partial charge in [0, 0.05) is 43.6 Å². The Morgan fingerprint density at radius 2 is 2.03 bits per heavy atom. The lowest BCUT2D eigenvalue weighted by atomic mass is 10.1. The molecule has 2 heterocycles. The molecule has 1 aromatic heterocycles. The zero-order chi connectivity index (χ0) is 23.0. The predicted octanol–water partition coefficient (Wildman–Crippen LogP) is 2.98. The van der Waals surface area contributed by atoms with Crippen LogP contribution in [0.5, 0.6) is 11.5 Å². The Labute approximate surface area is 185 Å². The number of ether oxygens (including phenoxy) is 1. The molecule has 1 aliphatic heterocycles. The molecule has 1 saturated carbocycles. The number of piperidine rings is 1. The van der Waals surface area contributed by atoms with Gasteiger partial charge in [-0.05, 0) is 39.0 Å². The second kappa shape index (κ2) is 8.60. The largest absolute Gasteiger partial charge is 0.465 e. The molecule has 2 unspecified atom stereocenters. The van der Waals surface area contributed by atoms with Gasteiger partial charge in [-0.25, -0.2) is 19.2 Å². The van der Waals surface area contributed by atoms with E-state index in [-0.39, 0.29) is 41.1 Å². The van der Waals surface area contributed by atoms with Crippen LogP contribution in [0.25, 0.3) is 0 Å². The van der Waals surface area contributed by atoms with Gasteiger partial charge >= 0.3 is 6.09 Å². The first-order valence-electron chi connectivity index (χ1n) is 10.6. The summed E-state index contributed by atoms with van der Waals surface area (Å²) >= 11 is 0. The Morgan fingerprint density at radius 3 is 2.66 bits per heavy atom. The first kappa shape index (κ1) is 21.8. The van der Waals surface area contributed by atoms with Crippen LogP contribution in [0.4, 0.5) is 15.0 Å². The molecule has 0 radical (unpaired) electrons. The van der Waals surface area contributed by atoms with E-state index < -0.39 is 11.9 Å². The van der Waals surface area contributed by atoms with Crippen LogP contribution in [-0.4, -0.2) is 63.7 Å². The lowest BCUT2D eigenvalue weighted by Crippen LogP contribution is -2.37. The minimum Gasteiger partial charge on any atom is -0.465 e. The first-order valence-corrected chi connectivity index (χ1v) is 10.6. The third-order valence-electron chi connectivity index (χ3n) is 6.06. The maximum absolute atomic E-state index is 14.0. The summed E-state index contributed by atoms with van der Waals surface area (Å²) in [6.45, 7) is 7.41. The van der Waals surface area contributed by atoms with E-state index in [1.807, 2.05) is 25.7 Å². The smallest absolute Gasteiger partial charge is 0.404 e. The van der Waals surface area contributed by atoms with E-state index in [0.717, 1.165) is 0 Å². The molecule has 4 rings (SSSR count). The number of carbonyl (C=O) groups is 2. The van der Waals surface area contributed by atoms with E-state index in [1.54, 1.807) is 4.90 Å². The van der Waals surface area contributed by atoms with Gasteiger partial charge < -0.3 is 25.0 Å². The summed E-state index contributed by atoms with van der Waals surface area (Å²) in [6.07, 6.45) is 1.91. The van der Waals surface area contributed by atoms with Crippen molar-refractivity contribution in [3.63, 3.8) is 0 Å². The van der Waals surface area contributed by atoms with Crippen molar-refractivity contribution in [3.8, 4) is 11.5 Å². The standard InChI is InChI=1S/C22H26FN5O4/c1-4-28(12(2)3)21(29)14-7-13(23)5-6-17(14)32-18-8-24-11-25-20(18)27-9-15-16(10-27)19(15)26-22(30)31/h5-8,11-12,15-16,19,26H,4,9-10H2,1-3H3,(H,30,31). The number of carboxylic acid groups (broad SMARTS) is 1. The van der Waals surface area contributed by atoms with Crippen LogP contribution in [0.2, 0.25) is 0 Å². The fourth-order valence-corrected chi connectivity index (χ4v) is 4.45. The number of benzene rings is 1. The van der Waals surface area contributed by atoms with E-state index in [1.165, 1.54) is 30.7 Å². The third kappa shape index (κ3) is 4.17. The van der Waals surface area contributed by atoms with Crippen molar-refractivity contribution >= 4 is 17.8 Å². The molecule has 2 amide bonds. The number of anilines is 1. The van der Waals surface area contributed by atoms with Crippen molar-refractivity contribution in [2.75, 3.05) is 24.5 Å². The minimum atomic E-state index is -1.02. The molecule has 1 saturated heterocycles. The fourth-order valence-electron chi connectivity index (χ4n) is 4.45. The average Bonchev–Trinajstić information content (AvgIpc) is 3.17. The molecule has 2 aliphatic rings. The van der Waals surface area contributed by atoms with Crippen molar-refractivity contribution < 1.29 is 23.8 Å². The molecule has 0 bridgehead atoms.